The maximum Gasteiger partial charge on any atom is 0.113 e. The van der Waals surface area contributed by atoms with Crippen LogP contribution in [0.4, 0.5) is 0 Å². The van der Waals surface area contributed by atoms with Crippen molar-refractivity contribution in [1.29, 1.82) is 0 Å². The van der Waals surface area contributed by atoms with Crippen LogP contribution in [0.15, 0.2) is 128 Å². The Morgan fingerprint density at radius 3 is 1.97 bits per heavy atom. The summed E-state index contributed by atoms with van der Waals surface area (Å²) in [6.07, 6.45) is 3.59. The van der Waals surface area contributed by atoms with Crippen LogP contribution in [-0.2, 0) is 0 Å². The Kier molecular flexibility index (Phi) is 4.23. The standard InChI is InChI=1S/C34H21N3/c1-2-10-24-21-32-29(20-23(24)9-1)27-13-5-6-15-30(27)37(32)31-17-16-28(33-34(31)36-19-18-35-33)26-14-7-11-22-8-3-4-12-25(22)26/h1-21H. The Balaban J connectivity index is 1.49. The van der Waals surface area contributed by atoms with Crippen molar-refractivity contribution in [3.05, 3.63) is 128 Å². The summed E-state index contributed by atoms with van der Waals surface area (Å²) in [6, 6.07) is 41.2. The summed E-state index contributed by atoms with van der Waals surface area (Å²) in [5, 5.41) is 7.38. The zero-order valence-electron chi connectivity index (χ0n) is 20.0. The Hall–Kier alpha value is -5.02. The Labute approximate surface area is 213 Å². The number of nitrogens with zero attached hydrogens (tertiary/aromatic N) is 3. The number of para-hydroxylation sites is 1. The molecule has 0 atom stereocenters. The summed E-state index contributed by atoms with van der Waals surface area (Å²) in [6.45, 7) is 0. The van der Waals surface area contributed by atoms with Crippen molar-refractivity contribution >= 4 is 54.4 Å². The van der Waals surface area contributed by atoms with Crippen molar-refractivity contribution in [2.24, 2.45) is 0 Å². The first-order valence-electron chi connectivity index (χ1n) is 12.5. The molecule has 0 aliphatic rings. The second-order valence-electron chi connectivity index (χ2n) is 9.48. The minimum atomic E-state index is 0.892. The van der Waals surface area contributed by atoms with Gasteiger partial charge in [-0.15, -0.1) is 0 Å². The topological polar surface area (TPSA) is 30.7 Å². The third kappa shape index (κ3) is 2.95. The van der Waals surface area contributed by atoms with Crippen LogP contribution in [0.5, 0.6) is 0 Å². The summed E-state index contributed by atoms with van der Waals surface area (Å²) in [4.78, 5) is 9.77. The molecular weight excluding hydrogens is 450 g/mol. The van der Waals surface area contributed by atoms with Crippen molar-refractivity contribution < 1.29 is 0 Å². The average Bonchev–Trinajstić information content (AvgIpc) is 3.28. The molecule has 0 fully saturated rings. The first-order valence-corrected chi connectivity index (χ1v) is 12.5. The molecule has 6 aromatic carbocycles. The van der Waals surface area contributed by atoms with Crippen LogP contribution in [0, 0.1) is 0 Å². The van der Waals surface area contributed by atoms with Crippen LogP contribution in [0.2, 0.25) is 0 Å². The van der Waals surface area contributed by atoms with Crippen molar-refractivity contribution in [2.45, 2.75) is 0 Å². The molecule has 3 heteroatoms. The van der Waals surface area contributed by atoms with Gasteiger partial charge in [-0.3, -0.25) is 9.97 Å². The van der Waals surface area contributed by atoms with Crippen molar-refractivity contribution in [3.8, 4) is 16.8 Å². The van der Waals surface area contributed by atoms with Crippen LogP contribution >= 0.6 is 0 Å². The van der Waals surface area contributed by atoms with E-state index in [0.29, 0.717) is 0 Å². The molecule has 0 saturated heterocycles. The van der Waals surface area contributed by atoms with E-state index in [-0.39, 0.29) is 0 Å². The molecule has 37 heavy (non-hydrogen) atoms. The molecule has 2 heterocycles. The van der Waals surface area contributed by atoms with Gasteiger partial charge in [0.25, 0.3) is 0 Å². The minimum Gasteiger partial charge on any atom is -0.307 e. The summed E-state index contributed by atoms with van der Waals surface area (Å²) < 4.78 is 2.35. The first kappa shape index (κ1) is 20.2. The molecule has 0 radical (unpaired) electrons. The second kappa shape index (κ2) is 7.74. The van der Waals surface area contributed by atoms with Crippen molar-refractivity contribution in [1.82, 2.24) is 14.5 Å². The largest absolute Gasteiger partial charge is 0.307 e. The maximum atomic E-state index is 4.90. The zero-order valence-corrected chi connectivity index (χ0v) is 20.0. The van der Waals surface area contributed by atoms with Gasteiger partial charge < -0.3 is 4.57 Å². The highest BCUT2D eigenvalue weighted by atomic mass is 15.0. The average molecular weight is 472 g/mol. The summed E-state index contributed by atoms with van der Waals surface area (Å²) >= 11 is 0. The van der Waals surface area contributed by atoms with Crippen LogP contribution in [0.1, 0.15) is 0 Å². The molecule has 3 nitrogen and oxygen atoms in total. The lowest BCUT2D eigenvalue weighted by Gasteiger charge is -2.14. The molecule has 8 rings (SSSR count). The number of hydrogen-bond donors (Lipinski definition) is 0. The summed E-state index contributed by atoms with van der Waals surface area (Å²) in [5.74, 6) is 0. The fourth-order valence-electron chi connectivity index (χ4n) is 5.82. The number of rotatable bonds is 2. The van der Waals surface area contributed by atoms with E-state index in [1.165, 1.54) is 43.4 Å². The highest BCUT2D eigenvalue weighted by Crippen LogP contribution is 2.39. The van der Waals surface area contributed by atoms with E-state index in [1.807, 2.05) is 0 Å². The Bertz CT molecular complexity index is 2150. The van der Waals surface area contributed by atoms with Gasteiger partial charge in [-0.1, -0.05) is 84.9 Å². The monoisotopic (exact) mass is 471 g/mol. The molecule has 0 spiro atoms. The molecule has 0 aliphatic heterocycles. The van der Waals surface area contributed by atoms with Gasteiger partial charge in [-0.2, -0.15) is 0 Å². The Morgan fingerprint density at radius 2 is 1.11 bits per heavy atom. The van der Waals surface area contributed by atoms with E-state index in [4.69, 9.17) is 9.97 Å². The van der Waals surface area contributed by atoms with Gasteiger partial charge in [-0.25, -0.2) is 0 Å². The van der Waals surface area contributed by atoms with Crippen LogP contribution in [0.25, 0.3) is 71.2 Å². The van der Waals surface area contributed by atoms with E-state index in [0.717, 1.165) is 27.8 Å². The number of hydrogen-bond acceptors (Lipinski definition) is 2. The lowest BCUT2D eigenvalue weighted by Crippen LogP contribution is -1.99. The van der Waals surface area contributed by atoms with E-state index in [2.05, 4.69) is 120 Å². The normalized spacial score (nSPS) is 11.8. The SMILES string of the molecule is c1ccc2cc3c(cc2c1)c1ccccc1n3-c1ccc(-c2cccc3ccccc23)c2nccnc12. The molecule has 2 aromatic heterocycles. The number of aromatic nitrogens is 3. The predicted octanol–water partition coefficient (Wildman–Crippen LogP) is 8.70. The van der Waals surface area contributed by atoms with Crippen molar-refractivity contribution in [3.63, 3.8) is 0 Å². The van der Waals surface area contributed by atoms with Gasteiger partial charge in [-0.05, 0) is 57.4 Å². The van der Waals surface area contributed by atoms with Gasteiger partial charge >= 0.3 is 0 Å². The molecule has 0 aliphatic carbocycles. The van der Waals surface area contributed by atoms with Gasteiger partial charge in [0, 0.05) is 28.7 Å². The third-order valence-electron chi connectivity index (χ3n) is 7.46. The molecule has 8 aromatic rings. The van der Waals surface area contributed by atoms with Gasteiger partial charge in [0.15, 0.2) is 0 Å². The van der Waals surface area contributed by atoms with Crippen molar-refractivity contribution in [2.75, 3.05) is 0 Å². The van der Waals surface area contributed by atoms with Gasteiger partial charge in [0.2, 0.25) is 0 Å². The molecule has 0 saturated carbocycles. The molecule has 0 amide bonds. The minimum absolute atomic E-state index is 0.892. The highest BCUT2D eigenvalue weighted by molar-refractivity contribution is 6.15. The Morgan fingerprint density at radius 1 is 0.432 bits per heavy atom. The van der Waals surface area contributed by atoms with E-state index >= 15 is 0 Å². The fraction of sp³-hybridized carbons (Fsp3) is 0. The van der Waals surface area contributed by atoms with Gasteiger partial charge in [0.1, 0.15) is 5.52 Å². The smallest absolute Gasteiger partial charge is 0.113 e. The number of benzene rings is 6. The maximum absolute atomic E-state index is 4.90. The summed E-state index contributed by atoms with van der Waals surface area (Å²) in [7, 11) is 0. The van der Waals surface area contributed by atoms with Crippen LogP contribution in [0.3, 0.4) is 0 Å². The number of fused-ring (bicyclic) bond motifs is 6. The fourth-order valence-corrected chi connectivity index (χ4v) is 5.82. The lowest BCUT2D eigenvalue weighted by molar-refractivity contribution is 1.17. The van der Waals surface area contributed by atoms with E-state index in [9.17, 15) is 0 Å². The molecule has 172 valence electrons. The van der Waals surface area contributed by atoms with Crippen LogP contribution < -0.4 is 0 Å². The second-order valence-corrected chi connectivity index (χ2v) is 9.48. The van der Waals surface area contributed by atoms with E-state index in [1.54, 1.807) is 12.4 Å². The first-order chi connectivity index (χ1) is 18.4. The molecule has 0 N–H and O–H groups in total. The molecule has 0 bridgehead atoms. The zero-order chi connectivity index (χ0) is 24.3. The summed E-state index contributed by atoms with van der Waals surface area (Å²) in [5.41, 5.74) is 7.43. The predicted molar refractivity (Wildman–Crippen MR) is 154 cm³/mol. The lowest BCUT2D eigenvalue weighted by atomic mass is 9.96. The highest BCUT2D eigenvalue weighted by Gasteiger charge is 2.18. The quantitative estimate of drug-likeness (QED) is 0.252. The van der Waals surface area contributed by atoms with Gasteiger partial charge in [0.05, 0.1) is 22.2 Å². The molecular formula is C34H21N3. The van der Waals surface area contributed by atoms with Crippen LogP contribution in [-0.4, -0.2) is 14.5 Å². The van der Waals surface area contributed by atoms with E-state index < -0.39 is 0 Å². The molecule has 0 unspecified atom stereocenters. The third-order valence-corrected chi connectivity index (χ3v) is 7.46.